The Bertz CT molecular complexity index is 526. The first-order chi connectivity index (χ1) is 9.56. The molecule has 0 aliphatic carbocycles. The zero-order valence-corrected chi connectivity index (χ0v) is 16.4. The van der Waals surface area contributed by atoms with Gasteiger partial charge < -0.3 is 9.84 Å². The van der Waals surface area contributed by atoms with E-state index in [1.165, 1.54) is 0 Å². The Labute approximate surface area is 151 Å². The Hall–Kier alpha value is 0.0800. The van der Waals surface area contributed by atoms with Gasteiger partial charge in [-0.15, -0.1) is 0 Å². The van der Waals surface area contributed by atoms with E-state index in [0.717, 1.165) is 11.1 Å². The first-order valence-corrected chi connectivity index (χ1v) is 12.6. The fourth-order valence-corrected chi connectivity index (χ4v) is 2.01. The van der Waals surface area contributed by atoms with Gasteiger partial charge in [0.05, 0.1) is 0 Å². The molecule has 108 valence electrons. The summed E-state index contributed by atoms with van der Waals surface area (Å²) in [6.07, 6.45) is 0. The van der Waals surface area contributed by atoms with Gasteiger partial charge in [-0.1, -0.05) is 35.3 Å². The Balaban J connectivity index is 0.000000956. The van der Waals surface area contributed by atoms with Crippen LogP contribution >= 0.6 is 60.4 Å². The molecule has 1 N–H and O–H groups in total. The van der Waals surface area contributed by atoms with Gasteiger partial charge in [0.1, 0.15) is 6.61 Å². The Morgan fingerprint density at radius 1 is 1.10 bits per heavy atom. The lowest BCUT2D eigenvalue weighted by atomic mass is 10.2. The minimum absolute atomic E-state index is 0.125. The molecule has 2 aromatic carbocycles. The molecule has 0 aliphatic rings. The van der Waals surface area contributed by atoms with Crippen LogP contribution < -0.4 is 4.74 Å². The smallest absolute Gasteiger partial charge is 0.161 e. The molecule has 0 unspecified atom stereocenters. The largest absolute Gasteiger partial charge is 0.504 e. The van der Waals surface area contributed by atoms with E-state index in [9.17, 15) is 5.11 Å². The molecule has 0 fully saturated rings. The third kappa shape index (κ3) is 5.46. The van der Waals surface area contributed by atoms with E-state index in [0.29, 0.717) is 15.8 Å². The predicted molar refractivity (Wildman–Crippen MR) is 102 cm³/mol. The van der Waals surface area contributed by atoms with Gasteiger partial charge in [-0.05, 0) is 36.8 Å². The summed E-state index contributed by atoms with van der Waals surface area (Å²) in [6.45, 7) is 2.19. The number of benzene rings is 2. The summed E-state index contributed by atoms with van der Waals surface area (Å²) in [5.41, 5.74) is 1.80. The summed E-state index contributed by atoms with van der Waals surface area (Å²) in [7, 11) is 0. The molecule has 0 spiro atoms. The van der Waals surface area contributed by atoms with Crippen molar-refractivity contribution in [3.8, 4) is 11.5 Å². The molecule has 0 aliphatic heterocycles. The average molecular weight is 537 g/mol. The number of hydrogen-bond acceptors (Lipinski definition) is 2. The summed E-state index contributed by atoms with van der Waals surface area (Å²) >= 11 is 16.1. The van der Waals surface area contributed by atoms with Crippen LogP contribution in [0, 0.1) is 6.92 Å². The second kappa shape index (κ2) is 9.17. The summed E-state index contributed by atoms with van der Waals surface area (Å²) in [6, 6.07) is 10.5. The number of phenols is 1. The monoisotopic (exact) mass is 536 g/mol. The molecule has 0 radical (unpaired) electrons. The molecule has 2 rings (SSSR count). The van der Waals surface area contributed by atoms with Crippen LogP contribution in [0.5, 0.6) is 11.5 Å². The van der Waals surface area contributed by atoms with Crippen LogP contribution in [-0.2, 0) is 6.61 Å². The number of phenolic OH excluding ortho intramolecular Hbond substituents is 1. The molecule has 6 heteroatoms. The van der Waals surface area contributed by atoms with Gasteiger partial charge in [0, 0.05) is 52.8 Å². The quantitative estimate of drug-likeness (QED) is 0.463. The molecule has 0 saturated heterocycles. The van der Waals surface area contributed by atoms with Crippen LogP contribution in [0.2, 0.25) is 10.0 Å². The summed E-state index contributed by atoms with van der Waals surface area (Å²) in [5.74, 6) is 0.562. The van der Waals surface area contributed by atoms with E-state index in [1.807, 2.05) is 13.0 Å². The van der Waals surface area contributed by atoms with Crippen molar-refractivity contribution in [3.63, 3.8) is 0 Å². The number of halogens is 4. The van der Waals surface area contributed by atoms with E-state index in [-0.39, 0.29) is 12.4 Å². The standard InChI is InChI=1S/C14H12Cl2O2.I2/c1-9-2-5-14(13(17)6-9)18-8-10-3-4-11(15)7-12(10)16;1-2/h2-7,17H,8H2,1H3;. The highest BCUT2D eigenvalue weighted by Gasteiger charge is 2.05. The van der Waals surface area contributed by atoms with Crippen LogP contribution in [0.25, 0.3) is 0 Å². The highest BCUT2D eigenvalue weighted by atomic mass is 128. The lowest BCUT2D eigenvalue weighted by Gasteiger charge is -2.10. The maximum atomic E-state index is 9.70. The molecule has 2 aromatic rings. The topological polar surface area (TPSA) is 29.5 Å². The van der Waals surface area contributed by atoms with Gasteiger partial charge >= 0.3 is 0 Å². The lowest BCUT2D eigenvalue weighted by Crippen LogP contribution is -1.96. The van der Waals surface area contributed by atoms with Gasteiger partial charge in [-0.25, -0.2) is 0 Å². The van der Waals surface area contributed by atoms with E-state index in [1.54, 1.807) is 30.3 Å². The molecule has 0 atom stereocenters. The molecule has 0 heterocycles. The van der Waals surface area contributed by atoms with Crippen LogP contribution in [0.1, 0.15) is 11.1 Å². The van der Waals surface area contributed by atoms with E-state index >= 15 is 0 Å². The maximum absolute atomic E-state index is 9.70. The molecule has 0 amide bonds. The number of hydrogen-bond donors (Lipinski definition) is 1. The zero-order valence-electron chi connectivity index (χ0n) is 10.5. The Kier molecular flexibility index (Phi) is 8.31. The fourth-order valence-electron chi connectivity index (χ4n) is 1.54. The highest BCUT2D eigenvalue weighted by molar-refractivity contribution is 15.0. The first-order valence-electron chi connectivity index (χ1n) is 5.57. The van der Waals surface area contributed by atoms with Crippen molar-refractivity contribution in [2.45, 2.75) is 13.5 Å². The second-order valence-corrected chi connectivity index (χ2v) is 4.84. The third-order valence-electron chi connectivity index (χ3n) is 2.51. The summed E-state index contributed by atoms with van der Waals surface area (Å²) in [4.78, 5) is 0. The van der Waals surface area contributed by atoms with Gasteiger partial charge in [-0.3, -0.25) is 0 Å². The van der Waals surface area contributed by atoms with Crippen molar-refractivity contribution in [1.29, 1.82) is 0 Å². The van der Waals surface area contributed by atoms with E-state index in [2.05, 4.69) is 37.2 Å². The van der Waals surface area contributed by atoms with Crippen LogP contribution in [0.3, 0.4) is 0 Å². The van der Waals surface area contributed by atoms with E-state index in [4.69, 9.17) is 27.9 Å². The van der Waals surface area contributed by atoms with Gasteiger partial charge in [-0.2, -0.15) is 0 Å². The Morgan fingerprint density at radius 3 is 2.40 bits per heavy atom. The predicted octanol–water partition coefficient (Wildman–Crippen LogP) is 6.36. The first kappa shape index (κ1) is 18.1. The van der Waals surface area contributed by atoms with E-state index < -0.39 is 0 Å². The van der Waals surface area contributed by atoms with Crippen LogP contribution in [0.4, 0.5) is 0 Å². The lowest BCUT2D eigenvalue weighted by molar-refractivity contribution is 0.289. The van der Waals surface area contributed by atoms with Crippen molar-refractivity contribution in [3.05, 3.63) is 57.6 Å². The SMILES string of the molecule is Cc1ccc(OCc2ccc(Cl)cc2Cl)c(O)c1.II. The zero-order chi connectivity index (χ0) is 15.1. The van der Waals surface area contributed by atoms with Crippen LogP contribution in [0.15, 0.2) is 36.4 Å². The maximum Gasteiger partial charge on any atom is 0.161 e. The molecule has 2 nitrogen and oxygen atoms in total. The molecule has 0 bridgehead atoms. The Morgan fingerprint density at radius 2 is 1.80 bits per heavy atom. The van der Waals surface area contributed by atoms with Crippen molar-refractivity contribution < 1.29 is 9.84 Å². The highest BCUT2D eigenvalue weighted by Crippen LogP contribution is 2.28. The number of aryl methyl sites for hydroxylation is 1. The number of aromatic hydroxyl groups is 1. The minimum atomic E-state index is 0.125. The molecular weight excluding hydrogens is 525 g/mol. The van der Waals surface area contributed by atoms with Gasteiger partial charge in [0.2, 0.25) is 0 Å². The second-order valence-electron chi connectivity index (χ2n) is 4.00. The number of rotatable bonds is 3. The minimum Gasteiger partial charge on any atom is -0.504 e. The van der Waals surface area contributed by atoms with Crippen molar-refractivity contribution in [2.24, 2.45) is 0 Å². The molecular formula is C14H12Cl2I2O2. The average Bonchev–Trinajstić information content (AvgIpc) is 2.42. The van der Waals surface area contributed by atoms with Gasteiger partial charge in [0.25, 0.3) is 0 Å². The van der Waals surface area contributed by atoms with Crippen molar-refractivity contribution in [2.75, 3.05) is 0 Å². The van der Waals surface area contributed by atoms with Crippen LogP contribution in [-0.4, -0.2) is 5.11 Å². The normalized spacial score (nSPS) is 9.65. The van der Waals surface area contributed by atoms with Crippen molar-refractivity contribution in [1.82, 2.24) is 0 Å². The third-order valence-corrected chi connectivity index (χ3v) is 3.10. The summed E-state index contributed by atoms with van der Waals surface area (Å²) < 4.78 is 5.52. The van der Waals surface area contributed by atoms with Crippen molar-refractivity contribution >= 4 is 60.4 Å². The number of ether oxygens (including phenoxy) is 1. The fraction of sp³-hybridized carbons (Fsp3) is 0.143. The molecule has 0 aromatic heterocycles. The molecule has 0 saturated carbocycles. The van der Waals surface area contributed by atoms with Gasteiger partial charge in [0.15, 0.2) is 11.5 Å². The molecule has 20 heavy (non-hydrogen) atoms. The summed E-state index contributed by atoms with van der Waals surface area (Å²) in [5, 5.41) is 10.8.